The molecule has 1 unspecified atom stereocenters. The number of ether oxygens (including phenoxy) is 3. The van der Waals surface area contributed by atoms with E-state index >= 15 is 0 Å². The van der Waals surface area contributed by atoms with Crippen LogP contribution in [0.5, 0.6) is 0 Å². The molecule has 0 saturated heterocycles. The van der Waals surface area contributed by atoms with E-state index in [1.54, 1.807) is 0 Å². The van der Waals surface area contributed by atoms with Crippen molar-refractivity contribution < 1.29 is 28.6 Å². The summed E-state index contributed by atoms with van der Waals surface area (Å²) in [6.07, 6.45) is 53.1. The summed E-state index contributed by atoms with van der Waals surface area (Å²) < 4.78 is 16.7. The van der Waals surface area contributed by atoms with Crippen LogP contribution in [0.15, 0.2) is 24.3 Å². The number of esters is 3. The molecule has 0 amide bonds. The summed E-state index contributed by atoms with van der Waals surface area (Å²) in [4.78, 5) is 37.8. The van der Waals surface area contributed by atoms with E-state index in [2.05, 4.69) is 45.1 Å². The van der Waals surface area contributed by atoms with Crippen LogP contribution < -0.4 is 0 Å². The predicted octanol–water partition coefficient (Wildman–Crippen LogP) is 16.4. The van der Waals surface area contributed by atoms with Crippen molar-refractivity contribution in [3.8, 4) is 0 Å². The lowest BCUT2D eigenvalue weighted by molar-refractivity contribution is -0.167. The smallest absolute Gasteiger partial charge is 0.306 e. The topological polar surface area (TPSA) is 78.9 Å². The van der Waals surface area contributed by atoms with Gasteiger partial charge in [-0.3, -0.25) is 14.4 Å². The van der Waals surface area contributed by atoms with E-state index < -0.39 is 6.10 Å². The minimum atomic E-state index is -0.770. The van der Waals surface area contributed by atoms with Crippen LogP contribution in [0.4, 0.5) is 0 Å². The average Bonchev–Trinajstić information content (AvgIpc) is 3.22. The van der Waals surface area contributed by atoms with Gasteiger partial charge in [0.05, 0.1) is 0 Å². The quantitative estimate of drug-likeness (QED) is 0.0263. The molecule has 6 nitrogen and oxygen atoms in total. The van der Waals surface area contributed by atoms with Crippen molar-refractivity contribution in [1.29, 1.82) is 0 Å². The lowest BCUT2D eigenvalue weighted by Gasteiger charge is -2.18. The minimum absolute atomic E-state index is 0.0725. The number of carbonyl (C=O) groups is 3. The Kier molecular flexibility index (Phi) is 45.8. The molecule has 0 aliphatic heterocycles. The first kappa shape index (κ1) is 55.9. The zero-order valence-electron chi connectivity index (χ0n) is 38.8. The molecule has 0 aliphatic rings. The Balaban J connectivity index is 4.24. The maximum Gasteiger partial charge on any atom is 0.306 e. The van der Waals surface area contributed by atoms with Gasteiger partial charge in [-0.1, -0.05) is 206 Å². The highest BCUT2D eigenvalue weighted by molar-refractivity contribution is 5.71. The van der Waals surface area contributed by atoms with E-state index in [1.807, 2.05) is 0 Å². The number of allylic oxidation sites excluding steroid dienone is 4. The summed E-state index contributed by atoms with van der Waals surface area (Å²) in [7, 11) is 0. The van der Waals surface area contributed by atoms with E-state index in [4.69, 9.17) is 14.2 Å². The molecule has 0 heterocycles. The first-order valence-electron chi connectivity index (χ1n) is 25.3. The second kappa shape index (κ2) is 47.6. The molecule has 0 spiro atoms. The van der Waals surface area contributed by atoms with E-state index in [-0.39, 0.29) is 31.1 Å². The molecule has 0 fully saturated rings. The SMILES string of the molecule is CCCCCC/C=C\CCCCCCCC(=O)OC(COC(=O)CCCCCCCCCC)COC(=O)CCCCCCCCCCC/C=C\CCCCCCCC. The Morgan fingerprint density at radius 1 is 0.328 bits per heavy atom. The third-order valence-electron chi connectivity index (χ3n) is 11.2. The van der Waals surface area contributed by atoms with Crippen molar-refractivity contribution in [3.63, 3.8) is 0 Å². The lowest BCUT2D eigenvalue weighted by atomic mass is 10.1. The Bertz CT molecular complexity index is 942. The molecule has 0 N–H and O–H groups in total. The summed E-state index contributed by atoms with van der Waals surface area (Å²) in [5.41, 5.74) is 0. The molecule has 1 atom stereocenters. The van der Waals surface area contributed by atoms with Crippen molar-refractivity contribution in [2.45, 2.75) is 277 Å². The van der Waals surface area contributed by atoms with Gasteiger partial charge in [-0.05, 0) is 70.6 Å². The summed E-state index contributed by atoms with van der Waals surface area (Å²) in [5.74, 6) is -0.878. The van der Waals surface area contributed by atoms with E-state index in [0.717, 1.165) is 64.2 Å². The van der Waals surface area contributed by atoms with E-state index in [9.17, 15) is 14.4 Å². The first-order valence-corrected chi connectivity index (χ1v) is 25.3. The Hall–Kier alpha value is -2.11. The molecular formula is C52H96O6. The fourth-order valence-electron chi connectivity index (χ4n) is 7.31. The van der Waals surface area contributed by atoms with Crippen molar-refractivity contribution in [2.24, 2.45) is 0 Å². The van der Waals surface area contributed by atoms with E-state index in [0.29, 0.717) is 19.3 Å². The molecule has 0 aromatic heterocycles. The van der Waals surface area contributed by atoms with Crippen LogP contribution in [0.1, 0.15) is 271 Å². The van der Waals surface area contributed by atoms with Gasteiger partial charge in [0.15, 0.2) is 6.10 Å². The van der Waals surface area contributed by atoms with Crippen LogP contribution in [0, 0.1) is 0 Å². The van der Waals surface area contributed by atoms with Gasteiger partial charge in [-0.2, -0.15) is 0 Å². The maximum absolute atomic E-state index is 12.7. The molecule has 0 aromatic carbocycles. The third kappa shape index (κ3) is 45.0. The van der Waals surface area contributed by atoms with Crippen molar-refractivity contribution in [1.82, 2.24) is 0 Å². The average molecular weight is 817 g/mol. The van der Waals surface area contributed by atoms with Gasteiger partial charge in [0.25, 0.3) is 0 Å². The molecule has 0 aromatic rings. The molecule has 0 aliphatic carbocycles. The van der Waals surface area contributed by atoms with Gasteiger partial charge >= 0.3 is 17.9 Å². The van der Waals surface area contributed by atoms with Gasteiger partial charge in [0, 0.05) is 19.3 Å². The maximum atomic E-state index is 12.7. The molecule has 0 radical (unpaired) electrons. The molecule has 58 heavy (non-hydrogen) atoms. The van der Waals surface area contributed by atoms with Crippen LogP contribution >= 0.6 is 0 Å². The molecule has 340 valence electrons. The minimum Gasteiger partial charge on any atom is -0.462 e. The molecule has 0 saturated carbocycles. The Labute approximate surface area is 360 Å². The third-order valence-corrected chi connectivity index (χ3v) is 11.2. The van der Waals surface area contributed by atoms with Gasteiger partial charge < -0.3 is 14.2 Å². The molecule has 0 rings (SSSR count). The summed E-state index contributed by atoms with van der Waals surface area (Å²) in [6.45, 7) is 6.60. The number of unbranched alkanes of at least 4 members (excludes halogenated alkanes) is 31. The first-order chi connectivity index (χ1) is 28.5. The molecular weight excluding hydrogens is 721 g/mol. The number of rotatable bonds is 46. The Morgan fingerprint density at radius 3 is 0.879 bits per heavy atom. The van der Waals surface area contributed by atoms with Gasteiger partial charge in [-0.25, -0.2) is 0 Å². The van der Waals surface area contributed by atoms with Gasteiger partial charge in [0.1, 0.15) is 13.2 Å². The summed E-state index contributed by atoms with van der Waals surface area (Å²) >= 11 is 0. The predicted molar refractivity (Wildman–Crippen MR) is 247 cm³/mol. The van der Waals surface area contributed by atoms with Crippen LogP contribution in [0.25, 0.3) is 0 Å². The standard InChI is InChI=1S/C52H96O6/c1-4-7-10-13-16-19-21-23-24-25-26-27-28-30-31-33-36-39-42-45-51(54)57-48-49(47-56-50(53)44-41-38-35-18-15-12-9-6-3)58-52(55)46-43-40-37-34-32-29-22-20-17-14-11-8-5-2/h20,22-24,49H,4-19,21,25-48H2,1-3H3/b22-20-,24-23-. The second-order valence-corrected chi connectivity index (χ2v) is 17.1. The van der Waals surface area contributed by atoms with Crippen molar-refractivity contribution in [3.05, 3.63) is 24.3 Å². The van der Waals surface area contributed by atoms with Gasteiger partial charge in [0.2, 0.25) is 0 Å². The molecule has 6 heteroatoms. The zero-order valence-corrected chi connectivity index (χ0v) is 38.8. The highest BCUT2D eigenvalue weighted by Gasteiger charge is 2.19. The Morgan fingerprint density at radius 2 is 0.569 bits per heavy atom. The molecule has 0 bridgehead atoms. The van der Waals surface area contributed by atoms with Gasteiger partial charge in [-0.15, -0.1) is 0 Å². The van der Waals surface area contributed by atoms with Crippen LogP contribution in [-0.4, -0.2) is 37.2 Å². The summed E-state index contributed by atoms with van der Waals surface area (Å²) in [5, 5.41) is 0. The highest BCUT2D eigenvalue weighted by Crippen LogP contribution is 2.15. The van der Waals surface area contributed by atoms with Crippen molar-refractivity contribution in [2.75, 3.05) is 13.2 Å². The van der Waals surface area contributed by atoms with Crippen LogP contribution in [0.3, 0.4) is 0 Å². The number of hydrogen-bond donors (Lipinski definition) is 0. The lowest BCUT2D eigenvalue weighted by Crippen LogP contribution is -2.30. The normalized spacial score (nSPS) is 12.1. The van der Waals surface area contributed by atoms with Crippen molar-refractivity contribution >= 4 is 17.9 Å². The second-order valence-electron chi connectivity index (χ2n) is 17.1. The fourth-order valence-corrected chi connectivity index (χ4v) is 7.31. The largest absolute Gasteiger partial charge is 0.462 e. The zero-order chi connectivity index (χ0) is 42.3. The van der Waals surface area contributed by atoms with Crippen LogP contribution in [0.2, 0.25) is 0 Å². The summed E-state index contributed by atoms with van der Waals surface area (Å²) in [6, 6.07) is 0. The number of carbonyl (C=O) groups excluding carboxylic acids is 3. The highest BCUT2D eigenvalue weighted by atomic mass is 16.6. The fraction of sp³-hybridized carbons (Fsp3) is 0.865. The van der Waals surface area contributed by atoms with Crippen LogP contribution in [-0.2, 0) is 28.6 Å². The van der Waals surface area contributed by atoms with E-state index in [1.165, 1.54) is 167 Å². The number of hydrogen-bond acceptors (Lipinski definition) is 6. The monoisotopic (exact) mass is 817 g/mol.